The molecule has 1 N–H and O–H groups in total. The SMILES string of the molecule is Cc1ccc(OCC(=O)O)cc1Br. The van der Waals surface area contributed by atoms with E-state index in [-0.39, 0.29) is 6.61 Å². The van der Waals surface area contributed by atoms with E-state index in [4.69, 9.17) is 9.84 Å². The average Bonchev–Trinajstić information content (AvgIpc) is 2.07. The van der Waals surface area contributed by atoms with E-state index in [0.29, 0.717) is 5.75 Å². The van der Waals surface area contributed by atoms with Crippen LogP contribution in [0.15, 0.2) is 22.7 Å². The van der Waals surface area contributed by atoms with Crippen LogP contribution in [0.25, 0.3) is 0 Å². The Kier molecular flexibility index (Phi) is 3.31. The van der Waals surface area contributed by atoms with E-state index in [2.05, 4.69) is 15.9 Å². The molecule has 0 aliphatic carbocycles. The summed E-state index contributed by atoms with van der Waals surface area (Å²) in [4.78, 5) is 10.2. The number of carboxylic acids is 1. The van der Waals surface area contributed by atoms with Crippen LogP contribution in [-0.2, 0) is 4.79 Å². The van der Waals surface area contributed by atoms with Crippen LogP contribution in [0.3, 0.4) is 0 Å². The molecule has 3 nitrogen and oxygen atoms in total. The standard InChI is InChI=1S/C9H9BrO3/c1-6-2-3-7(4-8(6)10)13-5-9(11)12/h2-4H,5H2,1H3,(H,11,12). The molecule has 0 aromatic heterocycles. The van der Waals surface area contributed by atoms with Crippen molar-refractivity contribution in [2.24, 2.45) is 0 Å². The van der Waals surface area contributed by atoms with Gasteiger partial charge in [-0.1, -0.05) is 22.0 Å². The normalized spacial score (nSPS) is 9.69. The van der Waals surface area contributed by atoms with Gasteiger partial charge in [0.25, 0.3) is 0 Å². The number of aryl methyl sites for hydroxylation is 1. The van der Waals surface area contributed by atoms with E-state index in [0.717, 1.165) is 10.0 Å². The fourth-order valence-electron chi connectivity index (χ4n) is 0.808. The highest BCUT2D eigenvalue weighted by molar-refractivity contribution is 9.10. The quantitative estimate of drug-likeness (QED) is 0.888. The predicted octanol–water partition coefficient (Wildman–Crippen LogP) is 2.22. The molecule has 0 aliphatic rings. The number of hydrogen-bond acceptors (Lipinski definition) is 2. The number of aliphatic carboxylic acids is 1. The number of carbonyl (C=O) groups is 1. The third kappa shape index (κ3) is 3.06. The van der Waals surface area contributed by atoms with Gasteiger partial charge in [-0.05, 0) is 24.6 Å². The van der Waals surface area contributed by atoms with Gasteiger partial charge < -0.3 is 9.84 Å². The molecular weight excluding hydrogens is 236 g/mol. The molecule has 0 saturated heterocycles. The van der Waals surface area contributed by atoms with Crippen molar-refractivity contribution in [3.05, 3.63) is 28.2 Å². The molecule has 0 fully saturated rings. The fraction of sp³-hybridized carbons (Fsp3) is 0.222. The van der Waals surface area contributed by atoms with Crippen molar-refractivity contribution in [2.75, 3.05) is 6.61 Å². The van der Waals surface area contributed by atoms with E-state index >= 15 is 0 Å². The minimum absolute atomic E-state index is 0.310. The van der Waals surface area contributed by atoms with Crippen molar-refractivity contribution in [1.82, 2.24) is 0 Å². The molecule has 0 heterocycles. The second-order valence-corrected chi connectivity index (χ2v) is 3.45. The first-order chi connectivity index (χ1) is 6.09. The lowest BCUT2D eigenvalue weighted by Crippen LogP contribution is -2.09. The monoisotopic (exact) mass is 244 g/mol. The van der Waals surface area contributed by atoms with Crippen molar-refractivity contribution in [2.45, 2.75) is 6.92 Å². The summed E-state index contributed by atoms with van der Waals surface area (Å²) in [6.07, 6.45) is 0. The molecule has 70 valence electrons. The molecule has 13 heavy (non-hydrogen) atoms. The lowest BCUT2D eigenvalue weighted by atomic mass is 10.2. The minimum Gasteiger partial charge on any atom is -0.482 e. The van der Waals surface area contributed by atoms with E-state index in [1.807, 2.05) is 13.0 Å². The zero-order valence-electron chi connectivity index (χ0n) is 7.08. The average molecular weight is 245 g/mol. The van der Waals surface area contributed by atoms with Crippen molar-refractivity contribution >= 4 is 21.9 Å². The molecular formula is C9H9BrO3. The first-order valence-corrected chi connectivity index (χ1v) is 4.49. The van der Waals surface area contributed by atoms with Crippen LogP contribution in [0.2, 0.25) is 0 Å². The zero-order chi connectivity index (χ0) is 9.84. The Hall–Kier alpha value is -1.03. The molecule has 0 atom stereocenters. The van der Waals surface area contributed by atoms with Crippen LogP contribution in [0.5, 0.6) is 5.75 Å². The highest BCUT2D eigenvalue weighted by Crippen LogP contribution is 2.21. The number of rotatable bonds is 3. The second-order valence-electron chi connectivity index (χ2n) is 2.59. The van der Waals surface area contributed by atoms with Gasteiger partial charge >= 0.3 is 5.97 Å². The van der Waals surface area contributed by atoms with Crippen LogP contribution in [0, 0.1) is 6.92 Å². The Balaban J connectivity index is 2.68. The van der Waals surface area contributed by atoms with E-state index < -0.39 is 5.97 Å². The molecule has 0 amide bonds. The van der Waals surface area contributed by atoms with Crippen LogP contribution in [-0.4, -0.2) is 17.7 Å². The maximum atomic E-state index is 10.2. The number of benzene rings is 1. The maximum absolute atomic E-state index is 10.2. The van der Waals surface area contributed by atoms with E-state index in [1.165, 1.54) is 0 Å². The largest absolute Gasteiger partial charge is 0.482 e. The minimum atomic E-state index is -0.975. The van der Waals surface area contributed by atoms with Crippen molar-refractivity contribution in [3.63, 3.8) is 0 Å². The van der Waals surface area contributed by atoms with Gasteiger partial charge in [-0.2, -0.15) is 0 Å². The first kappa shape index (κ1) is 10.1. The summed E-state index contributed by atoms with van der Waals surface area (Å²) >= 11 is 3.33. The Morgan fingerprint density at radius 2 is 2.31 bits per heavy atom. The van der Waals surface area contributed by atoms with Crippen LogP contribution < -0.4 is 4.74 Å². The van der Waals surface area contributed by atoms with Crippen molar-refractivity contribution < 1.29 is 14.6 Å². The zero-order valence-corrected chi connectivity index (χ0v) is 8.67. The van der Waals surface area contributed by atoms with Crippen LogP contribution in [0.1, 0.15) is 5.56 Å². The summed E-state index contributed by atoms with van der Waals surface area (Å²) < 4.78 is 5.89. The lowest BCUT2D eigenvalue weighted by Gasteiger charge is -2.04. The first-order valence-electron chi connectivity index (χ1n) is 3.70. The number of hydrogen-bond donors (Lipinski definition) is 1. The summed E-state index contributed by atoms with van der Waals surface area (Å²) in [7, 11) is 0. The fourth-order valence-corrected chi connectivity index (χ4v) is 1.17. The molecule has 4 heteroatoms. The summed E-state index contributed by atoms with van der Waals surface area (Å²) in [5.41, 5.74) is 1.09. The molecule has 1 aromatic carbocycles. The molecule has 0 aliphatic heterocycles. The molecule has 0 unspecified atom stereocenters. The third-order valence-corrected chi connectivity index (χ3v) is 2.36. The molecule has 0 saturated carbocycles. The van der Waals surface area contributed by atoms with Gasteiger partial charge in [-0.3, -0.25) is 0 Å². The topological polar surface area (TPSA) is 46.5 Å². The van der Waals surface area contributed by atoms with E-state index in [9.17, 15) is 4.79 Å². The lowest BCUT2D eigenvalue weighted by molar-refractivity contribution is -0.139. The predicted molar refractivity (Wildman–Crippen MR) is 52.0 cm³/mol. The Morgan fingerprint density at radius 1 is 1.62 bits per heavy atom. The Morgan fingerprint density at radius 3 is 2.85 bits per heavy atom. The molecule has 0 spiro atoms. The van der Waals surface area contributed by atoms with Crippen molar-refractivity contribution in [3.8, 4) is 5.75 Å². The van der Waals surface area contributed by atoms with E-state index in [1.54, 1.807) is 12.1 Å². The second kappa shape index (κ2) is 4.28. The molecule has 1 aromatic rings. The summed E-state index contributed by atoms with van der Waals surface area (Å²) in [6, 6.07) is 5.35. The third-order valence-electron chi connectivity index (χ3n) is 1.51. The highest BCUT2D eigenvalue weighted by Gasteiger charge is 2.00. The molecule has 0 bridgehead atoms. The van der Waals surface area contributed by atoms with Gasteiger partial charge in [0, 0.05) is 4.47 Å². The Bertz CT molecular complexity index is 323. The Labute approximate surface area is 84.5 Å². The van der Waals surface area contributed by atoms with Gasteiger partial charge in [0.2, 0.25) is 0 Å². The van der Waals surface area contributed by atoms with Gasteiger partial charge in [0.05, 0.1) is 0 Å². The van der Waals surface area contributed by atoms with Gasteiger partial charge in [0.1, 0.15) is 5.75 Å². The molecule has 0 radical (unpaired) electrons. The number of halogens is 1. The highest BCUT2D eigenvalue weighted by atomic mass is 79.9. The van der Waals surface area contributed by atoms with Gasteiger partial charge in [-0.25, -0.2) is 4.79 Å². The van der Waals surface area contributed by atoms with Gasteiger partial charge in [-0.15, -0.1) is 0 Å². The summed E-state index contributed by atoms with van der Waals surface area (Å²) in [5.74, 6) is -0.420. The van der Waals surface area contributed by atoms with Gasteiger partial charge in [0.15, 0.2) is 6.61 Å². The van der Waals surface area contributed by atoms with Crippen molar-refractivity contribution in [1.29, 1.82) is 0 Å². The van der Waals surface area contributed by atoms with Crippen LogP contribution >= 0.6 is 15.9 Å². The molecule has 1 rings (SSSR count). The smallest absolute Gasteiger partial charge is 0.341 e. The maximum Gasteiger partial charge on any atom is 0.341 e. The van der Waals surface area contributed by atoms with Crippen LogP contribution in [0.4, 0.5) is 0 Å². The summed E-state index contributed by atoms with van der Waals surface area (Å²) in [6.45, 7) is 1.64. The summed E-state index contributed by atoms with van der Waals surface area (Å²) in [5, 5.41) is 8.36. The number of ether oxygens (including phenoxy) is 1. The number of carboxylic acid groups (broad SMARTS) is 1.